The Kier molecular flexibility index (Phi) is 5.23. The average Bonchev–Trinajstić information content (AvgIpc) is 3.09. The lowest BCUT2D eigenvalue weighted by Crippen LogP contribution is -2.29. The highest BCUT2D eigenvalue weighted by molar-refractivity contribution is 6.01. The molecule has 3 rings (SSSR count). The van der Waals surface area contributed by atoms with E-state index in [1.54, 1.807) is 12.1 Å². The molecule has 8 nitrogen and oxygen atoms in total. The summed E-state index contributed by atoms with van der Waals surface area (Å²) >= 11 is 0. The number of hydroxylamine groups is 1. The van der Waals surface area contributed by atoms with Gasteiger partial charge in [-0.1, -0.05) is 48.0 Å². The van der Waals surface area contributed by atoms with Crippen LogP contribution >= 0.6 is 0 Å². The van der Waals surface area contributed by atoms with Crippen molar-refractivity contribution in [2.45, 2.75) is 13.5 Å². The van der Waals surface area contributed by atoms with Gasteiger partial charge >= 0.3 is 5.97 Å². The second kappa shape index (κ2) is 7.93. The molecule has 0 aliphatic carbocycles. The third-order valence-electron chi connectivity index (χ3n) is 3.53. The van der Waals surface area contributed by atoms with Crippen molar-refractivity contribution in [3.63, 3.8) is 0 Å². The van der Waals surface area contributed by atoms with Crippen molar-refractivity contribution >= 4 is 17.6 Å². The summed E-state index contributed by atoms with van der Waals surface area (Å²) in [7, 11) is 0. The Morgan fingerprint density at radius 3 is 2.54 bits per heavy atom. The maximum Gasteiger partial charge on any atom is 0.362 e. The summed E-state index contributed by atoms with van der Waals surface area (Å²) in [5, 5.41) is 7.21. The number of anilines is 1. The highest BCUT2D eigenvalue weighted by Gasteiger charge is 2.16. The fourth-order valence-electron chi connectivity index (χ4n) is 2.11. The number of aryl methyl sites for hydroxylation is 1. The van der Waals surface area contributed by atoms with Crippen LogP contribution in [0.2, 0.25) is 0 Å². The van der Waals surface area contributed by atoms with Crippen molar-refractivity contribution in [2.75, 3.05) is 5.73 Å². The molecule has 0 aliphatic rings. The Morgan fingerprint density at radius 2 is 1.88 bits per heavy atom. The quantitative estimate of drug-likeness (QED) is 0.421. The lowest BCUT2D eigenvalue weighted by atomic mass is 10.2. The van der Waals surface area contributed by atoms with Gasteiger partial charge in [0.25, 0.3) is 0 Å². The van der Waals surface area contributed by atoms with Crippen molar-refractivity contribution in [3.05, 3.63) is 77.0 Å². The van der Waals surface area contributed by atoms with Gasteiger partial charge < -0.3 is 10.6 Å². The second-order valence-electron chi connectivity index (χ2n) is 5.51. The number of rotatable bonds is 4. The van der Waals surface area contributed by atoms with Crippen LogP contribution in [0.15, 0.2) is 64.2 Å². The molecule has 0 bridgehead atoms. The Labute approximate surface area is 149 Å². The molecule has 0 spiro atoms. The molecule has 0 radical (unpaired) electrons. The van der Waals surface area contributed by atoms with E-state index >= 15 is 0 Å². The first kappa shape index (κ1) is 17.2. The predicted molar refractivity (Wildman–Crippen MR) is 95.1 cm³/mol. The number of benzene rings is 2. The van der Waals surface area contributed by atoms with Crippen LogP contribution in [0.4, 0.5) is 5.82 Å². The van der Waals surface area contributed by atoms with Gasteiger partial charge in [-0.2, -0.15) is 5.48 Å². The van der Waals surface area contributed by atoms with E-state index in [1.165, 1.54) is 0 Å². The molecule has 0 atom stereocenters. The van der Waals surface area contributed by atoms with Gasteiger partial charge in [-0.15, -0.1) is 0 Å². The molecule has 3 N–H and O–H groups in total. The number of nitrogens with one attached hydrogen (secondary N) is 1. The van der Waals surface area contributed by atoms with E-state index < -0.39 is 5.97 Å². The number of hydrogen-bond donors (Lipinski definition) is 2. The monoisotopic (exact) mass is 351 g/mol. The van der Waals surface area contributed by atoms with E-state index in [1.807, 2.05) is 49.4 Å². The minimum absolute atomic E-state index is 0.0377. The van der Waals surface area contributed by atoms with Gasteiger partial charge in [0.15, 0.2) is 17.3 Å². The molecule has 0 unspecified atom stereocenters. The molecular formula is C18H17N5O3. The summed E-state index contributed by atoms with van der Waals surface area (Å²) in [4.78, 5) is 21.6. The number of hydrogen-bond acceptors (Lipinski definition) is 7. The number of aliphatic imine (C=N–C) groups is 1. The van der Waals surface area contributed by atoms with Crippen LogP contribution in [0.3, 0.4) is 0 Å². The molecule has 132 valence electrons. The number of aromatic nitrogens is 2. The molecule has 0 saturated heterocycles. The van der Waals surface area contributed by atoms with E-state index in [0.29, 0.717) is 12.1 Å². The molecule has 3 aromatic rings. The van der Waals surface area contributed by atoms with Crippen molar-refractivity contribution in [1.29, 1.82) is 0 Å². The van der Waals surface area contributed by atoms with Gasteiger partial charge in [-0.3, -0.25) is 4.99 Å². The van der Waals surface area contributed by atoms with Crippen LogP contribution in [-0.4, -0.2) is 22.1 Å². The first-order valence-electron chi connectivity index (χ1n) is 7.84. The zero-order valence-electron chi connectivity index (χ0n) is 14.0. The Bertz CT molecular complexity index is 904. The molecule has 0 fully saturated rings. The minimum Gasteiger partial charge on any atom is -0.379 e. The van der Waals surface area contributed by atoms with Gasteiger partial charge in [0, 0.05) is 0 Å². The molecule has 1 aromatic heterocycles. The molecule has 0 aliphatic heterocycles. The van der Waals surface area contributed by atoms with Crippen molar-refractivity contribution in [3.8, 4) is 0 Å². The number of amidine groups is 1. The smallest absolute Gasteiger partial charge is 0.362 e. The summed E-state index contributed by atoms with van der Waals surface area (Å²) in [5.74, 6) is -0.379. The average molecular weight is 351 g/mol. The van der Waals surface area contributed by atoms with E-state index in [0.717, 1.165) is 11.1 Å². The van der Waals surface area contributed by atoms with Crippen LogP contribution in [0, 0.1) is 6.92 Å². The maximum atomic E-state index is 12.2. The number of nitrogen functional groups attached to an aromatic ring is 1. The fourth-order valence-corrected chi connectivity index (χ4v) is 2.11. The van der Waals surface area contributed by atoms with Crippen LogP contribution in [0.1, 0.15) is 27.2 Å². The number of nitrogens with zero attached hydrogens (tertiary/aromatic N) is 3. The first-order chi connectivity index (χ1) is 12.6. The number of carbonyl (C=O) groups excluding carboxylic acids is 1. The van der Waals surface area contributed by atoms with E-state index in [-0.39, 0.29) is 17.3 Å². The van der Waals surface area contributed by atoms with Gasteiger partial charge in [0.2, 0.25) is 0 Å². The Hall–Kier alpha value is -3.68. The zero-order valence-corrected chi connectivity index (χ0v) is 14.0. The zero-order chi connectivity index (χ0) is 18.4. The van der Waals surface area contributed by atoms with E-state index in [9.17, 15) is 4.79 Å². The van der Waals surface area contributed by atoms with Gasteiger partial charge in [0.05, 0.1) is 12.1 Å². The summed E-state index contributed by atoms with van der Waals surface area (Å²) < 4.78 is 4.60. The summed E-state index contributed by atoms with van der Waals surface area (Å²) in [5.41, 5.74) is 10.8. The van der Waals surface area contributed by atoms with E-state index in [4.69, 9.17) is 10.6 Å². The Balaban J connectivity index is 1.74. The lowest BCUT2D eigenvalue weighted by molar-refractivity contribution is 0.0386. The maximum absolute atomic E-state index is 12.2. The summed E-state index contributed by atoms with van der Waals surface area (Å²) in [6, 6.07) is 16.5. The van der Waals surface area contributed by atoms with Crippen LogP contribution in [0.25, 0.3) is 0 Å². The lowest BCUT2D eigenvalue weighted by Gasteiger charge is -2.08. The second-order valence-corrected chi connectivity index (χ2v) is 5.51. The fraction of sp³-hybridized carbons (Fsp3) is 0.111. The largest absolute Gasteiger partial charge is 0.379 e. The standard InChI is InChI=1S/C18H17N5O3/c1-12-7-9-14(10-8-12)18(24)25-23-17(15-16(19)22-26-21-15)20-11-13-5-3-2-4-6-13/h2-10H,11H2,1H3,(H2,19,22)(H,20,23). The van der Waals surface area contributed by atoms with Crippen LogP contribution < -0.4 is 11.2 Å². The van der Waals surface area contributed by atoms with Crippen molar-refractivity contribution in [1.82, 2.24) is 15.8 Å². The number of nitrogens with two attached hydrogens (primary N) is 1. The topological polar surface area (TPSA) is 116 Å². The predicted octanol–water partition coefficient (Wildman–Crippen LogP) is 2.27. The minimum atomic E-state index is -0.563. The van der Waals surface area contributed by atoms with Gasteiger partial charge in [-0.05, 0) is 34.9 Å². The molecule has 2 aromatic carbocycles. The van der Waals surface area contributed by atoms with E-state index in [2.05, 4.69) is 25.4 Å². The highest BCUT2D eigenvalue weighted by atomic mass is 16.7. The normalized spacial score (nSPS) is 11.2. The molecule has 8 heteroatoms. The SMILES string of the molecule is Cc1ccc(C(=O)ONC(=NCc2ccccc2)c2nonc2N)cc1. The van der Waals surface area contributed by atoms with Crippen molar-refractivity contribution < 1.29 is 14.3 Å². The Morgan fingerprint density at radius 1 is 1.15 bits per heavy atom. The van der Waals surface area contributed by atoms with Gasteiger partial charge in [0.1, 0.15) is 0 Å². The third kappa shape index (κ3) is 4.23. The molecule has 0 saturated carbocycles. The van der Waals surface area contributed by atoms with Gasteiger partial charge in [-0.25, -0.2) is 9.42 Å². The van der Waals surface area contributed by atoms with Crippen LogP contribution in [0.5, 0.6) is 0 Å². The molecule has 26 heavy (non-hydrogen) atoms. The third-order valence-corrected chi connectivity index (χ3v) is 3.53. The van der Waals surface area contributed by atoms with Crippen molar-refractivity contribution in [2.24, 2.45) is 4.99 Å². The number of carbonyl (C=O) groups is 1. The first-order valence-corrected chi connectivity index (χ1v) is 7.84. The summed E-state index contributed by atoms with van der Waals surface area (Å²) in [6.45, 7) is 2.26. The molecular weight excluding hydrogens is 334 g/mol. The summed E-state index contributed by atoms with van der Waals surface area (Å²) in [6.07, 6.45) is 0. The highest BCUT2D eigenvalue weighted by Crippen LogP contribution is 2.09. The molecule has 0 amide bonds. The molecule has 1 heterocycles. The van der Waals surface area contributed by atoms with Crippen LogP contribution in [-0.2, 0) is 11.4 Å².